The summed E-state index contributed by atoms with van der Waals surface area (Å²) < 4.78 is 5.37. The van der Waals surface area contributed by atoms with Gasteiger partial charge in [-0.15, -0.1) is 0 Å². The molecule has 0 aliphatic carbocycles. The molecule has 7 heteroatoms. The lowest BCUT2D eigenvalue weighted by atomic mass is 9.92. The molecule has 3 aromatic carbocycles. The van der Waals surface area contributed by atoms with Gasteiger partial charge in [-0.3, -0.25) is 14.5 Å². The van der Waals surface area contributed by atoms with Crippen LogP contribution in [0.2, 0.25) is 0 Å². The Bertz CT molecular complexity index is 1230. The third-order valence-electron chi connectivity index (χ3n) is 6.28. The molecule has 0 spiro atoms. The van der Waals surface area contributed by atoms with Crippen LogP contribution >= 0.6 is 0 Å². The molecule has 3 aromatic rings. The monoisotopic (exact) mass is 471 g/mol. The summed E-state index contributed by atoms with van der Waals surface area (Å²) in [6, 6.07) is 24.5. The number of hydrogen-bond acceptors (Lipinski definition) is 4. The zero-order valence-electron chi connectivity index (χ0n) is 20.1. The highest BCUT2D eigenvalue weighted by Crippen LogP contribution is 2.27. The van der Waals surface area contributed by atoms with Gasteiger partial charge in [0.15, 0.2) is 0 Å². The van der Waals surface area contributed by atoms with Crippen LogP contribution in [0.4, 0.5) is 4.79 Å². The summed E-state index contributed by atoms with van der Waals surface area (Å²) in [7, 11) is 1.56. The molecule has 2 atom stereocenters. The summed E-state index contributed by atoms with van der Waals surface area (Å²) in [6.45, 7) is 3.18. The quantitative estimate of drug-likeness (QED) is 0.485. The van der Waals surface area contributed by atoms with E-state index in [9.17, 15) is 14.4 Å². The first kappa shape index (κ1) is 24.0. The number of urea groups is 1. The van der Waals surface area contributed by atoms with Crippen LogP contribution in [0.25, 0.3) is 11.1 Å². The van der Waals surface area contributed by atoms with E-state index in [2.05, 4.69) is 10.6 Å². The van der Waals surface area contributed by atoms with Gasteiger partial charge in [-0.1, -0.05) is 72.8 Å². The van der Waals surface area contributed by atoms with Gasteiger partial charge in [-0.2, -0.15) is 0 Å². The van der Waals surface area contributed by atoms with Crippen LogP contribution in [0.5, 0.6) is 5.75 Å². The Morgan fingerprint density at radius 3 is 2.29 bits per heavy atom. The van der Waals surface area contributed by atoms with Crippen molar-refractivity contribution in [3.8, 4) is 16.9 Å². The van der Waals surface area contributed by atoms with Gasteiger partial charge in [0.2, 0.25) is 5.91 Å². The summed E-state index contributed by atoms with van der Waals surface area (Å²) in [5, 5.41) is 5.63. The molecule has 2 N–H and O–H groups in total. The largest absolute Gasteiger partial charge is 0.496 e. The molecule has 0 radical (unpaired) electrons. The van der Waals surface area contributed by atoms with Crippen molar-refractivity contribution in [1.29, 1.82) is 0 Å². The summed E-state index contributed by atoms with van der Waals surface area (Å²) in [6.07, 6.45) is 0.254. The molecule has 35 heavy (non-hydrogen) atoms. The fourth-order valence-electron chi connectivity index (χ4n) is 4.35. The molecular formula is C28H29N3O4. The van der Waals surface area contributed by atoms with Crippen LogP contribution < -0.4 is 15.4 Å². The van der Waals surface area contributed by atoms with E-state index in [4.69, 9.17) is 4.74 Å². The van der Waals surface area contributed by atoms with Crippen molar-refractivity contribution in [3.63, 3.8) is 0 Å². The minimum Gasteiger partial charge on any atom is -0.496 e. The fraction of sp³-hybridized carbons (Fsp3) is 0.250. The number of nitrogens with zero attached hydrogens (tertiary/aromatic N) is 1. The molecule has 4 rings (SSSR count). The van der Waals surface area contributed by atoms with Gasteiger partial charge < -0.3 is 15.4 Å². The second-order valence-electron chi connectivity index (χ2n) is 8.92. The third kappa shape index (κ3) is 5.19. The molecular weight excluding hydrogens is 442 g/mol. The Labute approximate surface area is 205 Å². The van der Waals surface area contributed by atoms with Gasteiger partial charge in [0.25, 0.3) is 5.91 Å². The van der Waals surface area contributed by atoms with E-state index in [-0.39, 0.29) is 19.0 Å². The summed E-state index contributed by atoms with van der Waals surface area (Å²) in [5.41, 5.74) is 2.76. The molecule has 1 fully saturated rings. The minimum atomic E-state index is -1.16. The summed E-state index contributed by atoms with van der Waals surface area (Å²) >= 11 is 0. The third-order valence-corrected chi connectivity index (χ3v) is 6.28. The molecule has 4 amide bonds. The van der Waals surface area contributed by atoms with Crippen molar-refractivity contribution in [3.05, 3.63) is 90.0 Å². The zero-order valence-corrected chi connectivity index (χ0v) is 20.1. The lowest BCUT2D eigenvalue weighted by Gasteiger charge is -2.23. The number of ether oxygens (including phenoxy) is 1. The Morgan fingerprint density at radius 2 is 1.60 bits per heavy atom. The van der Waals surface area contributed by atoms with Gasteiger partial charge in [-0.25, -0.2) is 4.79 Å². The molecule has 7 nitrogen and oxygen atoms in total. The van der Waals surface area contributed by atoms with Crippen LogP contribution in [0.15, 0.2) is 78.9 Å². The topological polar surface area (TPSA) is 87.7 Å². The van der Waals surface area contributed by atoms with Crippen LogP contribution in [-0.4, -0.2) is 41.9 Å². The number of carbonyl (C=O) groups excluding carboxylic acids is 3. The normalized spacial score (nSPS) is 18.2. The number of carbonyl (C=O) groups is 3. The van der Waals surface area contributed by atoms with Crippen molar-refractivity contribution in [2.24, 2.45) is 0 Å². The maximum absolute atomic E-state index is 13.1. The van der Waals surface area contributed by atoms with Crippen molar-refractivity contribution >= 4 is 17.8 Å². The van der Waals surface area contributed by atoms with E-state index >= 15 is 0 Å². The SMILES string of the molecule is COc1ccccc1C[C@]1(C)NC(=O)N(CC(=O)N[C@H](C)c2ccc(-c3ccccc3)cc2)C1=O. The summed E-state index contributed by atoms with van der Waals surface area (Å²) in [4.78, 5) is 39.4. The highest BCUT2D eigenvalue weighted by molar-refractivity contribution is 6.09. The van der Waals surface area contributed by atoms with Crippen LogP contribution in [-0.2, 0) is 16.0 Å². The zero-order chi connectivity index (χ0) is 25.0. The number of amides is 4. The number of imide groups is 1. The van der Waals surface area contributed by atoms with Gasteiger partial charge in [0.1, 0.15) is 17.8 Å². The van der Waals surface area contributed by atoms with Crippen molar-refractivity contribution < 1.29 is 19.1 Å². The molecule has 1 heterocycles. The van der Waals surface area contributed by atoms with Crippen LogP contribution in [0.1, 0.15) is 31.0 Å². The predicted molar refractivity (Wildman–Crippen MR) is 134 cm³/mol. The predicted octanol–water partition coefficient (Wildman–Crippen LogP) is 4.09. The average molecular weight is 472 g/mol. The van der Waals surface area contributed by atoms with Crippen molar-refractivity contribution in [2.75, 3.05) is 13.7 Å². The van der Waals surface area contributed by atoms with E-state index < -0.39 is 23.4 Å². The molecule has 1 aliphatic heterocycles. The second-order valence-corrected chi connectivity index (χ2v) is 8.92. The number of methoxy groups -OCH3 is 1. The smallest absolute Gasteiger partial charge is 0.325 e. The van der Waals surface area contributed by atoms with Gasteiger partial charge in [0.05, 0.1) is 13.2 Å². The van der Waals surface area contributed by atoms with Gasteiger partial charge in [0, 0.05) is 6.42 Å². The van der Waals surface area contributed by atoms with E-state index in [1.807, 2.05) is 79.7 Å². The first-order valence-corrected chi connectivity index (χ1v) is 11.5. The highest BCUT2D eigenvalue weighted by atomic mass is 16.5. The maximum Gasteiger partial charge on any atom is 0.325 e. The minimum absolute atomic E-state index is 0.254. The number of benzene rings is 3. The number of hydrogen-bond donors (Lipinski definition) is 2. The molecule has 0 unspecified atom stereocenters. The second kappa shape index (κ2) is 10.0. The van der Waals surface area contributed by atoms with Crippen LogP contribution in [0.3, 0.4) is 0 Å². The number of rotatable bonds is 8. The van der Waals surface area contributed by atoms with E-state index in [0.29, 0.717) is 5.75 Å². The summed E-state index contributed by atoms with van der Waals surface area (Å²) in [5.74, 6) is -0.211. The molecule has 1 aliphatic rings. The molecule has 0 aromatic heterocycles. The van der Waals surface area contributed by atoms with Crippen LogP contribution in [0, 0.1) is 0 Å². The lowest BCUT2D eigenvalue weighted by Crippen LogP contribution is -2.47. The molecule has 1 saturated heterocycles. The fourth-order valence-corrected chi connectivity index (χ4v) is 4.35. The molecule has 0 saturated carbocycles. The molecule has 0 bridgehead atoms. The van der Waals surface area contributed by atoms with Gasteiger partial charge >= 0.3 is 6.03 Å². The Hall–Kier alpha value is -4.13. The lowest BCUT2D eigenvalue weighted by molar-refractivity contribution is -0.134. The van der Waals surface area contributed by atoms with Crippen molar-refractivity contribution in [1.82, 2.24) is 15.5 Å². The molecule has 180 valence electrons. The maximum atomic E-state index is 13.1. The van der Waals surface area contributed by atoms with E-state index in [1.165, 1.54) is 0 Å². The standard InChI is InChI=1S/C28H29N3O4/c1-19(20-13-15-22(16-14-20)21-9-5-4-6-10-21)29-25(32)18-31-26(33)28(2,30-27(31)34)17-23-11-7-8-12-24(23)35-3/h4-16,19H,17-18H2,1-3H3,(H,29,32)(H,30,34)/t19-,28+/m1/s1. The Kier molecular flexibility index (Phi) is 6.87. The first-order valence-electron chi connectivity index (χ1n) is 11.5. The Morgan fingerprint density at radius 1 is 0.971 bits per heavy atom. The van der Waals surface area contributed by atoms with E-state index in [1.54, 1.807) is 20.1 Å². The van der Waals surface area contributed by atoms with Crippen molar-refractivity contribution in [2.45, 2.75) is 31.8 Å². The average Bonchev–Trinajstić information content (AvgIpc) is 3.07. The van der Waals surface area contributed by atoms with E-state index in [0.717, 1.165) is 27.2 Å². The first-order chi connectivity index (χ1) is 16.8. The van der Waals surface area contributed by atoms with Gasteiger partial charge in [-0.05, 0) is 42.2 Å². The Balaban J connectivity index is 1.38. The number of nitrogens with one attached hydrogen (secondary N) is 2. The highest BCUT2D eigenvalue weighted by Gasteiger charge is 2.48. The number of para-hydroxylation sites is 1.